The summed E-state index contributed by atoms with van der Waals surface area (Å²) in [4.78, 5) is 29.4. The highest BCUT2D eigenvalue weighted by Gasteiger charge is 2.40. The van der Waals surface area contributed by atoms with Crippen LogP contribution in [0.3, 0.4) is 0 Å². The summed E-state index contributed by atoms with van der Waals surface area (Å²) in [6.45, 7) is 0.821. The van der Waals surface area contributed by atoms with Gasteiger partial charge in [0, 0.05) is 43.0 Å². The van der Waals surface area contributed by atoms with Gasteiger partial charge in [0.15, 0.2) is 0 Å². The molecule has 9 heteroatoms. The average molecular weight is 552 g/mol. The van der Waals surface area contributed by atoms with Crippen molar-refractivity contribution in [3.63, 3.8) is 0 Å². The molecule has 198 valence electrons. The standard InChI is InChI=1S/C29H30ClN3O4S/c1-31(25-13-15-26(16-14-25)32-17-5-4-8-28(32)34)29(35)27-18-22-6-2-3-7-23(22)19-33(27)38(36,37)20-21-9-11-24(30)12-10-21/h2-3,6-7,9-16,27H,4-5,8,17-20H2,1H3/t27-/m0/s1. The third kappa shape index (κ3) is 5.48. The Morgan fingerprint density at radius 2 is 1.66 bits per heavy atom. The van der Waals surface area contributed by atoms with Crippen LogP contribution in [-0.2, 0) is 38.3 Å². The molecule has 1 saturated heterocycles. The molecule has 0 radical (unpaired) electrons. The summed E-state index contributed by atoms with van der Waals surface area (Å²) in [7, 11) is -2.17. The van der Waals surface area contributed by atoms with E-state index in [1.807, 2.05) is 36.4 Å². The average Bonchev–Trinajstić information content (AvgIpc) is 2.93. The molecule has 7 nitrogen and oxygen atoms in total. The molecule has 38 heavy (non-hydrogen) atoms. The molecule has 0 spiro atoms. The summed E-state index contributed by atoms with van der Waals surface area (Å²) in [5.74, 6) is -0.421. The van der Waals surface area contributed by atoms with Gasteiger partial charge in [-0.05, 0) is 72.4 Å². The number of piperidine rings is 1. The third-order valence-electron chi connectivity index (χ3n) is 7.31. The molecular formula is C29H30ClN3O4S. The van der Waals surface area contributed by atoms with Crippen LogP contribution in [0.5, 0.6) is 0 Å². The Kier molecular flexibility index (Phi) is 7.56. The zero-order valence-electron chi connectivity index (χ0n) is 21.2. The van der Waals surface area contributed by atoms with Crippen LogP contribution >= 0.6 is 11.6 Å². The lowest BCUT2D eigenvalue weighted by atomic mass is 9.95. The van der Waals surface area contributed by atoms with Crippen molar-refractivity contribution in [3.8, 4) is 0 Å². The molecule has 3 aromatic carbocycles. The maximum absolute atomic E-state index is 13.8. The van der Waals surface area contributed by atoms with E-state index in [-0.39, 0.29) is 24.1 Å². The van der Waals surface area contributed by atoms with E-state index < -0.39 is 16.1 Å². The van der Waals surface area contributed by atoms with Gasteiger partial charge in [-0.25, -0.2) is 8.42 Å². The first-order chi connectivity index (χ1) is 18.2. The fourth-order valence-electron chi connectivity index (χ4n) is 5.16. The van der Waals surface area contributed by atoms with Gasteiger partial charge in [0.2, 0.25) is 21.8 Å². The van der Waals surface area contributed by atoms with Gasteiger partial charge in [-0.2, -0.15) is 4.31 Å². The van der Waals surface area contributed by atoms with Crippen LogP contribution in [0.15, 0.2) is 72.8 Å². The minimum Gasteiger partial charge on any atom is -0.314 e. The number of rotatable bonds is 6. The Hall–Kier alpha value is -3.20. The minimum atomic E-state index is -3.83. The molecule has 0 saturated carbocycles. The van der Waals surface area contributed by atoms with Gasteiger partial charge in [0.1, 0.15) is 6.04 Å². The number of carbonyl (C=O) groups is 2. The smallest absolute Gasteiger partial charge is 0.245 e. The Bertz CT molecular complexity index is 1440. The SMILES string of the molecule is CN(C(=O)[C@@H]1Cc2ccccc2CN1S(=O)(=O)Cc1ccc(Cl)cc1)c1ccc(N2CCCCC2=O)cc1. The van der Waals surface area contributed by atoms with Crippen molar-refractivity contribution >= 4 is 44.8 Å². The number of nitrogens with zero attached hydrogens (tertiary/aromatic N) is 3. The third-order valence-corrected chi connectivity index (χ3v) is 9.36. The summed E-state index contributed by atoms with van der Waals surface area (Å²) < 4.78 is 28.7. The van der Waals surface area contributed by atoms with Crippen LogP contribution in [0.1, 0.15) is 36.0 Å². The van der Waals surface area contributed by atoms with Gasteiger partial charge < -0.3 is 9.80 Å². The highest BCUT2D eigenvalue weighted by atomic mass is 35.5. The Morgan fingerprint density at radius 1 is 0.974 bits per heavy atom. The van der Waals surface area contributed by atoms with E-state index in [1.165, 1.54) is 9.21 Å². The van der Waals surface area contributed by atoms with E-state index in [0.29, 0.717) is 35.7 Å². The second-order valence-electron chi connectivity index (χ2n) is 9.83. The molecule has 3 aromatic rings. The number of likely N-dealkylation sites (N-methyl/N-ethyl adjacent to an activating group) is 1. The zero-order valence-corrected chi connectivity index (χ0v) is 22.8. The molecule has 5 rings (SSSR count). The molecule has 2 aliphatic heterocycles. The quantitative estimate of drug-likeness (QED) is 0.442. The van der Waals surface area contributed by atoms with Crippen molar-refractivity contribution in [1.82, 2.24) is 4.31 Å². The Balaban J connectivity index is 1.41. The largest absolute Gasteiger partial charge is 0.314 e. The Labute approximate surface area is 228 Å². The molecule has 0 aliphatic carbocycles. The van der Waals surface area contributed by atoms with Crippen molar-refractivity contribution in [2.45, 2.75) is 44.0 Å². The lowest BCUT2D eigenvalue weighted by Gasteiger charge is -2.37. The van der Waals surface area contributed by atoms with Crippen molar-refractivity contribution in [2.75, 3.05) is 23.4 Å². The molecule has 2 amide bonds. The van der Waals surface area contributed by atoms with Crippen LogP contribution in [0, 0.1) is 0 Å². The second kappa shape index (κ2) is 10.9. The monoisotopic (exact) mass is 551 g/mol. The molecule has 0 bridgehead atoms. The van der Waals surface area contributed by atoms with Crippen LogP contribution in [0.4, 0.5) is 11.4 Å². The number of sulfonamides is 1. The van der Waals surface area contributed by atoms with Crippen molar-refractivity contribution in [3.05, 3.63) is 94.5 Å². The molecule has 2 heterocycles. The van der Waals surface area contributed by atoms with Gasteiger partial charge in [0.25, 0.3) is 0 Å². The van der Waals surface area contributed by atoms with Crippen molar-refractivity contribution < 1.29 is 18.0 Å². The second-order valence-corrected chi connectivity index (χ2v) is 12.2. The van der Waals surface area contributed by atoms with Gasteiger partial charge >= 0.3 is 0 Å². The van der Waals surface area contributed by atoms with E-state index in [0.717, 1.165) is 29.7 Å². The number of benzene rings is 3. The molecule has 2 aliphatic rings. The molecule has 0 unspecified atom stereocenters. The van der Waals surface area contributed by atoms with E-state index >= 15 is 0 Å². The highest BCUT2D eigenvalue weighted by molar-refractivity contribution is 7.88. The molecular weight excluding hydrogens is 522 g/mol. The number of fused-ring (bicyclic) bond motifs is 1. The predicted octanol–water partition coefficient (Wildman–Crippen LogP) is 4.78. The van der Waals surface area contributed by atoms with Crippen LogP contribution < -0.4 is 9.80 Å². The van der Waals surface area contributed by atoms with Crippen molar-refractivity contribution in [1.29, 1.82) is 0 Å². The number of halogens is 1. The lowest BCUT2D eigenvalue weighted by molar-refractivity contribution is -0.122. The number of anilines is 2. The number of hydrogen-bond acceptors (Lipinski definition) is 4. The Morgan fingerprint density at radius 3 is 2.34 bits per heavy atom. The van der Waals surface area contributed by atoms with Crippen LogP contribution in [-0.4, -0.2) is 44.2 Å². The maximum atomic E-state index is 13.8. The maximum Gasteiger partial charge on any atom is 0.245 e. The summed E-state index contributed by atoms with van der Waals surface area (Å²) in [6.07, 6.45) is 2.71. The molecule has 1 fully saturated rings. The number of carbonyl (C=O) groups excluding carboxylic acids is 2. The van der Waals surface area contributed by atoms with Crippen molar-refractivity contribution in [2.24, 2.45) is 0 Å². The fourth-order valence-corrected chi connectivity index (χ4v) is 6.96. The lowest BCUT2D eigenvalue weighted by Crippen LogP contribution is -2.53. The predicted molar refractivity (Wildman–Crippen MR) is 150 cm³/mol. The van der Waals surface area contributed by atoms with E-state index in [4.69, 9.17) is 11.6 Å². The minimum absolute atomic E-state index is 0.107. The number of amides is 2. The van der Waals surface area contributed by atoms with Gasteiger partial charge in [-0.3, -0.25) is 9.59 Å². The first kappa shape index (κ1) is 26.4. The summed E-state index contributed by atoms with van der Waals surface area (Å²) in [6, 6.07) is 20.8. The highest BCUT2D eigenvalue weighted by Crippen LogP contribution is 2.30. The van der Waals surface area contributed by atoms with Gasteiger partial charge in [-0.1, -0.05) is 48.0 Å². The fraction of sp³-hybridized carbons (Fsp3) is 0.310. The first-order valence-electron chi connectivity index (χ1n) is 12.7. The van der Waals surface area contributed by atoms with E-state index in [9.17, 15) is 18.0 Å². The van der Waals surface area contributed by atoms with E-state index in [2.05, 4.69) is 0 Å². The van der Waals surface area contributed by atoms with Gasteiger partial charge in [0.05, 0.1) is 5.75 Å². The molecule has 0 N–H and O–H groups in total. The normalized spacial score (nSPS) is 18.2. The van der Waals surface area contributed by atoms with Crippen LogP contribution in [0.2, 0.25) is 5.02 Å². The summed E-state index contributed by atoms with van der Waals surface area (Å²) in [5.41, 5.74) is 3.91. The van der Waals surface area contributed by atoms with Crippen LogP contribution in [0.25, 0.3) is 0 Å². The topological polar surface area (TPSA) is 78.0 Å². The zero-order chi connectivity index (χ0) is 26.9. The summed E-state index contributed by atoms with van der Waals surface area (Å²) in [5, 5.41) is 0.531. The first-order valence-corrected chi connectivity index (χ1v) is 14.7. The molecule has 0 aromatic heterocycles. The number of hydrogen-bond donors (Lipinski definition) is 0. The van der Waals surface area contributed by atoms with Gasteiger partial charge in [-0.15, -0.1) is 0 Å². The summed E-state index contributed by atoms with van der Waals surface area (Å²) >= 11 is 5.98. The molecule has 1 atom stereocenters. The van der Waals surface area contributed by atoms with E-state index in [1.54, 1.807) is 48.3 Å².